The molecule has 1 aliphatic carbocycles. The summed E-state index contributed by atoms with van der Waals surface area (Å²) in [5.41, 5.74) is 2.59. The van der Waals surface area contributed by atoms with Crippen molar-refractivity contribution in [1.29, 1.82) is 0 Å². The Labute approximate surface area is 153 Å². The van der Waals surface area contributed by atoms with Gasteiger partial charge in [0.15, 0.2) is 0 Å². The summed E-state index contributed by atoms with van der Waals surface area (Å²) in [5, 5.41) is 20.1. The molecule has 0 aromatic heterocycles. The van der Waals surface area contributed by atoms with Crippen LogP contribution in [0.3, 0.4) is 0 Å². The molecule has 3 atom stereocenters. The van der Waals surface area contributed by atoms with E-state index in [4.69, 9.17) is 4.74 Å². The van der Waals surface area contributed by atoms with Gasteiger partial charge in [-0.25, -0.2) is 4.39 Å². The molecular formula is C21H25FO4. The van der Waals surface area contributed by atoms with Crippen LogP contribution in [-0.2, 0) is 9.53 Å². The van der Waals surface area contributed by atoms with Crippen molar-refractivity contribution in [2.24, 2.45) is 5.41 Å². The minimum Gasteiger partial charge on any atom is -0.458 e. The number of hydrogen-bond acceptors (Lipinski definition) is 4. The summed E-state index contributed by atoms with van der Waals surface area (Å²) in [6.45, 7) is 4.11. The van der Waals surface area contributed by atoms with E-state index < -0.39 is 24.3 Å². The summed E-state index contributed by atoms with van der Waals surface area (Å²) in [6, 6.07) is 6.27. The van der Waals surface area contributed by atoms with Gasteiger partial charge in [0.25, 0.3) is 0 Å². The van der Waals surface area contributed by atoms with Gasteiger partial charge in [0, 0.05) is 6.42 Å². The topological polar surface area (TPSA) is 66.8 Å². The lowest BCUT2D eigenvalue weighted by Gasteiger charge is -2.37. The first-order valence-electron chi connectivity index (χ1n) is 8.98. The highest BCUT2D eigenvalue weighted by molar-refractivity contribution is 5.74. The maximum atomic E-state index is 13.3. The van der Waals surface area contributed by atoms with Gasteiger partial charge in [0.2, 0.25) is 0 Å². The summed E-state index contributed by atoms with van der Waals surface area (Å²) in [5.74, 6) is -0.699. The summed E-state index contributed by atoms with van der Waals surface area (Å²) in [4.78, 5) is 11.5. The second kappa shape index (κ2) is 7.33. The molecule has 0 bridgehead atoms. The number of esters is 1. The van der Waals surface area contributed by atoms with E-state index in [1.807, 2.05) is 6.08 Å². The normalized spacial score (nSPS) is 29.1. The first kappa shape index (κ1) is 18.8. The molecular weight excluding hydrogens is 335 g/mol. The number of halogens is 1. The van der Waals surface area contributed by atoms with Crippen molar-refractivity contribution < 1.29 is 24.1 Å². The summed E-state index contributed by atoms with van der Waals surface area (Å²) in [7, 11) is 0. The van der Waals surface area contributed by atoms with Crippen LogP contribution >= 0.6 is 0 Å². The molecule has 1 heterocycles. The fourth-order valence-electron chi connectivity index (χ4n) is 3.91. The first-order valence-corrected chi connectivity index (χ1v) is 8.98. The molecule has 4 nitrogen and oxygen atoms in total. The van der Waals surface area contributed by atoms with Crippen molar-refractivity contribution in [2.45, 2.75) is 57.8 Å². The van der Waals surface area contributed by atoms with Crippen LogP contribution in [0, 0.1) is 11.2 Å². The minimum absolute atomic E-state index is 0.0333. The Morgan fingerprint density at radius 2 is 1.85 bits per heavy atom. The van der Waals surface area contributed by atoms with Crippen molar-refractivity contribution in [2.75, 3.05) is 0 Å². The Bertz CT molecular complexity index is 733. The number of aliphatic hydroxyl groups excluding tert-OH is 2. The van der Waals surface area contributed by atoms with Crippen LogP contribution in [0.25, 0.3) is 5.57 Å². The number of benzene rings is 1. The molecule has 0 amide bonds. The number of rotatable bonds is 3. The highest BCUT2D eigenvalue weighted by Crippen LogP contribution is 2.44. The third-order valence-electron chi connectivity index (χ3n) is 5.10. The van der Waals surface area contributed by atoms with Gasteiger partial charge in [-0.15, -0.1) is 0 Å². The molecule has 2 N–H and O–H groups in total. The lowest BCUT2D eigenvalue weighted by Crippen LogP contribution is -2.32. The van der Waals surface area contributed by atoms with Crippen molar-refractivity contribution in [1.82, 2.24) is 0 Å². The Kier molecular flexibility index (Phi) is 5.30. The second-order valence-corrected chi connectivity index (χ2v) is 7.83. The molecule has 0 spiro atoms. The quantitative estimate of drug-likeness (QED) is 0.811. The Morgan fingerprint density at radius 3 is 2.50 bits per heavy atom. The van der Waals surface area contributed by atoms with E-state index in [0.29, 0.717) is 19.3 Å². The smallest absolute Gasteiger partial charge is 0.309 e. The maximum absolute atomic E-state index is 13.3. The van der Waals surface area contributed by atoms with Crippen LogP contribution in [0.15, 0.2) is 42.0 Å². The monoisotopic (exact) mass is 360 g/mol. The molecule has 3 rings (SSSR count). The fourth-order valence-corrected chi connectivity index (χ4v) is 3.91. The predicted molar refractivity (Wildman–Crippen MR) is 96.6 cm³/mol. The average Bonchev–Trinajstić information content (AvgIpc) is 2.52. The number of aliphatic hydroxyl groups is 2. The van der Waals surface area contributed by atoms with Crippen LogP contribution in [0.1, 0.15) is 45.1 Å². The molecule has 1 aromatic rings. The van der Waals surface area contributed by atoms with Crippen LogP contribution in [0.2, 0.25) is 0 Å². The molecule has 0 radical (unpaired) electrons. The van der Waals surface area contributed by atoms with E-state index >= 15 is 0 Å². The van der Waals surface area contributed by atoms with Gasteiger partial charge in [-0.05, 0) is 53.2 Å². The van der Waals surface area contributed by atoms with Crippen LogP contribution in [0.5, 0.6) is 0 Å². The number of carbonyl (C=O) groups is 1. The molecule has 140 valence electrons. The number of hydrogen-bond donors (Lipinski definition) is 2. The van der Waals surface area contributed by atoms with Crippen LogP contribution < -0.4 is 0 Å². The van der Waals surface area contributed by atoms with Gasteiger partial charge in [0.1, 0.15) is 11.9 Å². The Hall–Kier alpha value is -1.98. The molecule has 0 saturated carbocycles. The van der Waals surface area contributed by atoms with E-state index in [0.717, 1.165) is 16.7 Å². The second-order valence-electron chi connectivity index (χ2n) is 7.83. The van der Waals surface area contributed by atoms with Gasteiger partial charge in [-0.3, -0.25) is 4.79 Å². The minimum atomic E-state index is -0.683. The van der Waals surface area contributed by atoms with Crippen molar-refractivity contribution in [3.8, 4) is 0 Å². The summed E-state index contributed by atoms with van der Waals surface area (Å²) in [6.07, 6.45) is 3.64. The summed E-state index contributed by atoms with van der Waals surface area (Å²) >= 11 is 0. The molecule has 1 unspecified atom stereocenters. The number of cyclic esters (lactones) is 1. The molecule has 1 aliphatic heterocycles. The van der Waals surface area contributed by atoms with E-state index in [1.54, 1.807) is 18.2 Å². The van der Waals surface area contributed by atoms with Gasteiger partial charge in [0.05, 0.1) is 18.6 Å². The zero-order valence-electron chi connectivity index (χ0n) is 15.1. The molecule has 1 fully saturated rings. The van der Waals surface area contributed by atoms with Crippen LogP contribution in [0.4, 0.5) is 4.39 Å². The van der Waals surface area contributed by atoms with Crippen molar-refractivity contribution >= 4 is 11.5 Å². The highest BCUT2D eigenvalue weighted by Gasteiger charge is 2.34. The van der Waals surface area contributed by atoms with Gasteiger partial charge >= 0.3 is 5.97 Å². The molecule has 5 heteroatoms. The van der Waals surface area contributed by atoms with E-state index in [-0.39, 0.29) is 17.7 Å². The largest absolute Gasteiger partial charge is 0.458 e. The molecule has 26 heavy (non-hydrogen) atoms. The Morgan fingerprint density at radius 1 is 1.15 bits per heavy atom. The fraction of sp³-hybridized carbons (Fsp3) is 0.476. The van der Waals surface area contributed by atoms with E-state index in [1.165, 1.54) is 12.1 Å². The van der Waals surface area contributed by atoms with Gasteiger partial charge < -0.3 is 14.9 Å². The molecule has 1 aromatic carbocycles. The molecule has 1 saturated heterocycles. The highest BCUT2D eigenvalue weighted by atomic mass is 19.1. The lowest BCUT2D eigenvalue weighted by molar-refractivity contribution is -0.156. The third kappa shape index (κ3) is 4.22. The van der Waals surface area contributed by atoms with E-state index in [9.17, 15) is 19.4 Å². The standard InChI is InChI=1S/C21H25FO4/c1-21(2)12-16(24)10-18(13-3-5-14(22)6-4-13)19(21)8-7-17-9-15(23)11-20(25)26-17/h3-8,15-17,23-24H,9-12H2,1-2H3/t15-,16?,17-/m0/s1. The molecule has 2 aliphatic rings. The number of ether oxygens (including phenoxy) is 1. The maximum Gasteiger partial charge on any atom is 0.309 e. The van der Waals surface area contributed by atoms with Gasteiger partial charge in [-0.2, -0.15) is 0 Å². The van der Waals surface area contributed by atoms with E-state index in [2.05, 4.69) is 13.8 Å². The lowest BCUT2D eigenvalue weighted by atomic mass is 9.69. The van der Waals surface area contributed by atoms with Gasteiger partial charge in [-0.1, -0.05) is 32.1 Å². The first-order chi connectivity index (χ1) is 12.2. The number of allylic oxidation sites excluding steroid dienone is 2. The summed E-state index contributed by atoms with van der Waals surface area (Å²) < 4.78 is 18.6. The van der Waals surface area contributed by atoms with Crippen molar-refractivity contribution in [3.05, 3.63) is 53.4 Å². The third-order valence-corrected chi connectivity index (χ3v) is 5.10. The van der Waals surface area contributed by atoms with Crippen LogP contribution in [-0.4, -0.2) is 34.5 Å². The zero-order chi connectivity index (χ0) is 18.9. The Balaban J connectivity index is 1.96. The predicted octanol–water partition coefficient (Wildman–Crippen LogP) is 3.38. The average molecular weight is 360 g/mol. The zero-order valence-corrected chi connectivity index (χ0v) is 15.1. The SMILES string of the molecule is CC1(C)CC(O)CC(c2ccc(F)cc2)=C1C=C[C@H]1C[C@H](O)CC(=O)O1. The number of carbonyl (C=O) groups excluding carboxylic acids is 1. The van der Waals surface area contributed by atoms with Crippen molar-refractivity contribution in [3.63, 3.8) is 0 Å².